The molecule has 1 aliphatic rings. The van der Waals surface area contributed by atoms with Crippen molar-refractivity contribution in [3.63, 3.8) is 0 Å². The second kappa shape index (κ2) is 4.96. The van der Waals surface area contributed by atoms with Crippen LogP contribution >= 0.6 is 0 Å². The molecule has 1 saturated heterocycles. The van der Waals surface area contributed by atoms with Gasteiger partial charge in [-0.3, -0.25) is 4.79 Å². The SMILES string of the molecule is O=C(c1cc[n+]([O-])cc1)N1CCCCCC1. The Bertz CT molecular complexity index is 354. The molecular weight excluding hydrogens is 204 g/mol. The quantitative estimate of drug-likeness (QED) is 0.529. The van der Waals surface area contributed by atoms with E-state index in [1.165, 1.54) is 25.2 Å². The van der Waals surface area contributed by atoms with Gasteiger partial charge in [0.2, 0.25) is 0 Å². The lowest BCUT2D eigenvalue weighted by Gasteiger charge is -2.19. The molecule has 0 aliphatic carbocycles. The Balaban J connectivity index is 2.08. The molecule has 0 unspecified atom stereocenters. The van der Waals surface area contributed by atoms with Gasteiger partial charge in [0.15, 0.2) is 12.4 Å². The van der Waals surface area contributed by atoms with Crippen molar-refractivity contribution in [1.82, 2.24) is 4.90 Å². The van der Waals surface area contributed by atoms with Crippen LogP contribution in [-0.4, -0.2) is 23.9 Å². The van der Waals surface area contributed by atoms with Crippen LogP contribution in [0.4, 0.5) is 0 Å². The predicted molar refractivity (Wildman–Crippen MR) is 59.8 cm³/mol. The molecule has 0 saturated carbocycles. The van der Waals surface area contributed by atoms with Gasteiger partial charge in [0, 0.05) is 25.2 Å². The summed E-state index contributed by atoms with van der Waals surface area (Å²) in [7, 11) is 0. The molecule has 1 amide bonds. The van der Waals surface area contributed by atoms with Crippen molar-refractivity contribution >= 4 is 5.91 Å². The van der Waals surface area contributed by atoms with E-state index >= 15 is 0 Å². The molecule has 4 heteroatoms. The molecule has 0 radical (unpaired) electrons. The number of carbonyl (C=O) groups is 1. The average Bonchev–Trinajstić information content (AvgIpc) is 2.57. The third-order valence-corrected chi connectivity index (χ3v) is 2.94. The van der Waals surface area contributed by atoms with Crippen LogP contribution in [0, 0.1) is 5.21 Å². The van der Waals surface area contributed by atoms with Crippen molar-refractivity contribution in [2.75, 3.05) is 13.1 Å². The predicted octanol–water partition coefficient (Wildman–Crippen LogP) is 1.34. The summed E-state index contributed by atoms with van der Waals surface area (Å²) < 4.78 is 0.694. The van der Waals surface area contributed by atoms with E-state index in [9.17, 15) is 10.0 Å². The number of pyridine rings is 1. The summed E-state index contributed by atoms with van der Waals surface area (Å²) in [6.07, 6.45) is 7.31. The number of aromatic nitrogens is 1. The van der Waals surface area contributed by atoms with Crippen LogP contribution in [0.3, 0.4) is 0 Å². The topological polar surface area (TPSA) is 47.2 Å². The normalized spacial score (nSPS) is 16.9. The highest BCUT2D eigenvalue weighted by Crippen LogP contribution is 2.12. The maximum atomic E-state index is 12.1. The zero-order chi connectivity index (χ0) is 11.4. The minimum absolute atomic E-state index is 0.0440. The van der Waals surface area contributed by atoms with Gasteiger partial charge < -0.3 is 10.1 Å². The van der Waals surface area contributed by atoms with Gasteiger partial charge in [0.1, 0.15) is 0 Å². The zero-order valence-corrected chi connectivity index (χ0v) is 9.26. The molecule has 0 bridgehead atoms. The molecule has 16 heavy (non-hydrogen) atoms. The Hall–Kier alpha value is -1.58. The van der Waals surface area contributed by atoms with Crippen LogP contribution in [-0.2, 0) is 0 Å². The monoisotopic (exact) mass is 220 g/mol. The molecule has 1 aliphatic heterocycles. The Morgan fingerprint density at radius 2 is 1.69 bits per heavy atom. The Morgan fingerprint density at radius 1 is 1.12 bits per heavy atom. The van der Waals surface area contributed by atoms with Crippen molar-refractivity contribution < 1.29 is 9.52 Å². The van der Waals surface area contributed by atoms with E-state index in [0.29, 0.717) is 10.3 Å². The third-order valence-electron chi connectivity index (χ3n) is 2.94. The smallest absolute Gasteiger partial charge is 0.254 e. The van der Waals surface area contributed by atoms with E-state index in [-0.39, 0.29) is 5.91 Å². The number of hydrogen-bond acceptors (Lipinski definition) is 2. The van der Waals surface area contributed by atoms with Crippen LogP contribution in [0.1, 0.15) is 36.0 Å². The number of rotatable bonds is 1. The molecule has 86 valence electrons. The molecule has 0 N–H and O–H groups in total. The summed E-state index contributed by atoms with van der Waals surface area (Å²) in [4.78, 5) is 14.0. The lowest BCUT2D eigenvalue weighted by Crippen LogP contribution is -2.33. The van der Waals surface area contributed by atoms with Crippen molar-refractivity contribution in [3.8, 4) is 0 Å². The summed E-state index contributed by atoms with van der Waals surface area (Å²) in [6, 6.07) is 3.17. The minimum atomic E-state index is 0.0440. The molecule has 0 aromatic carbocycles. The van der Waals surface area contributed by atoms with Gasteiger partial charge in [0.25, 0.3) is 5.91 Å². The largest absolute Gasteiger partial charge is 0.619 e. The highest BCUT2D eigenvalue weighted by molar-refractivity contribution is 5.93. The summed E-state index contributed by atoms with van der Waals surface area (Å²) in [5.41, 5.74) is 0.606. The van der Waals surface area contributed by atoms with Gasteiger partial charge in [-0.05, 0) is 12.8 Å². The molecule has 1 aromatic heterocycles. The molecule has 2 heterocycles. The van der Waals surface area contributed by atoms with E-state index in [4.69, 9.17) is 0 Å². The number of hydrogen-bond donors (Lipinski definition) is 0. The fourth-order valence-corrected chi connectivity index (χ4v) is 2.01. The summed E-state index contributed by atoms with van der Waals surface area (Å²) in [5, 5.41) is 10.9. The van der Waals surface area contributed by atoms with E-state index in [1.54, 1.807) is 12.1 Å². The molecular formula is C12H16N2O2. The summed E-state index contributed by atoms with van der Waals surface area (Å²) in [6.45, 7) is 1.68. The van der Waals surface area contributed by atoms with E-state index in [1.807, 2.05) is 4.90 Å². The summed E-state index contributed by atoms with van der Waals surface area (Å²) >= 11 is 0. The Labute approximate surface area is 95.1 Å². The number of likely N-dealkylation sites (tertiary alicyclic amines) is 1. The molecule has 2 rings (SSSR count). The molecule has 1 aromatic rings. The lowest BCUT2D eigenvalue weighted by molar-refractivity contribution is -0.605. The van der Waals surface area contributed by atoms with Gasteiger partial charge >= 0.3 is 0 Å². The first-order chi connectivity index (χ1) is 7.77. The first-order valence-electron chi connectivity index (χ1n) is 5.75. The van der Waals surface area contributed by atoms with E-state index in [2.05, 4.69) is 0 Å². The molecule has 1 fully saturated rings. The van der Waals surface area contributed by atoms with Crippen molar-refractivity contribution in [1.29, 1.82) is 0 Å². The van der Waals surface area contributed by atoms with Crippen LogP contribution in [0.5, 0.6) is 0 Å². The lowest BCUT2D eigenvalue weighted by atomic mass is 10.2. The van der Waals surface area contributed by atoms with Gasteiger partial charge in [-0.25, -0.2) is 0 Å². The van der Waals surface area contributed by atoms with Crippen LogP contribution in [0.25, 0.3) is 0 Å². The fourth-order valence-electron chi connectivity index (χ4n) is 2.01. The first-order valence-corrected chi connectivity index (χ1v) is 5.75. The highest BCUT2D eigenvalue weighted by atomic mass is 16.5. The second-order valence-electron chi connectivity index (χ2n) is 4.15. The molecule has 0 spiro atoms. The number of amides is 1. The standard InChI is InChI=1S/C12H16N2O2/c15-12(11-5-9-14(16)10-6-11)13-7-3-1-2-4-8-13/h5-6,9-10H,1-4,7-8H2. The van der Waals surface area contributed by atoms with Crippen molar-refractivity contribution in [2.24, 2.45) is 0 Å². The minimum Gasteiger partial charge on any atom is -0.619 e. The maximum absolute atomic E-state index is 12.1. The van der Waals surface area contributed by atoms with Crippen LogP contribution in [0.15, 0.2) is 24.5 Å². The highest BCUT2D eigenvalue weighted by Gasteiger charge is 2.17. The van der Waals surface area contributed by atoms with Crippen molar-refractivity contribution in [3.05, 3.63) is 35.3 Å². The van der Waals surface area contributed by atoms with E-state index < -0.39 is 0 Å². The summed E-state index contributed by atoms with van der Waals surface area (Å²) in [5.74, 6) is 0.0440. The Kier molecular flexibility index (Phi) is 3.39. The van der Waals surface area contributed by atoms with Crippen LogP contribution < -0.4 is 4.73 Å². The van der Waals surface area contributed by atoms with Gasteiger partial charge in [-0.1, -0.05) is 12.8 Å². The molecule has 4 nitrogen and oxygen atoms in total. The fraction of sp³-hybridized carbons (Fsp3) is 0.500. The first kappa shape index (κ1) is 10.9. The number of carbonyl (C=O) groups excluding carboxylic acids is 1. The van der Waals surface area contributed by atoms with Gasteiger partial charge in [-0.15, -0.1) is 0 Å². The number of nitrogens with zero attached hydrogens (tertiary/aromatic N) is 2. The molecule has 0 atom stereocenters. The average molecular weight is 220 g/mol. The third kappa shape index (κ3) is 2.51. The Morgan fingerprint density at radius 3 is 2.25 bits per heavy atom. The van der Waals surface area contributed by atoms with Crippen LogP contribution in [0.2, 0.25) is 0 Å². The maximum Gasteiger partial charge on any atom is 0.254 e. The van der Waals surface area contributed by atoms with Gasteiger partial charge in [0.05, 0.1) is 5.56 Å². The zero-order valence-electron chi connectivity index (χ0n) is 9.26. The van der Waals surface area contributed by atoms with Gasteiger partial charge in [-0.2, -0.15) is 4.73 Å². The van der Waals surface area contributed by atoms with Crippen molar-refractivity contribution in [2.45, 2.75) is 25.7 Å². The van der Waals surface area contributed by atoms with E-state index in [0.717, 1.165) is 25.9 Å². The second-order valence-corrected chi connectivity index (χ2v) is 4.15.